The molecule has 0 saturated heterocycles. The van der Waals surface area contributed by atoms with Crippen LogP contribution in [0.2, 0.25) is 0 Å². The van der Waals surface area contributed by atoms with Crippen LogP contribution < -0.4 is 4.74 Å². The fourth-order valence-corrected chi connectivity index (χ4v) is 3.70. The van der Waals surface area contributed by atoms with Crippen molar-refractivity contribution in [3.8, 4) is 5.75 Å². The van der Waals surface area contributed by atoms with Gasteiger partial charge in [0.25, 0.3) is 0 Å². The first kappa shape index (κ1) is 14.4. The maximum Gasteiger partial charge on any atom is 0.124 e. The molecule has 1 aliphatic rings. The minimum Gasteiger partial charge on any atom is -0.496 e. The summed E-state index contributed by atoms with van der Waals surface area (Å²) in [5.74, 6) is 1.75. The molecular weight excluding hydrogens is 236 g/mol. The van der Waals surface area contributed by atoms with Crippen LogP contribution in [-0.2, 0) is 5.60 Å². The molecule has 0 amide bonds. The van der Waals surface area contributed by atoms with Gasteiger partial charge in [-0.3, -0.25) is 0 Å². The van der Waals surface area contributed by atoms with Gasteiger partial charge >= 0.3 is 0 Å². The van der Waals surface area contributed by atoms with Crippen molar-refractivity contribution in [2.75, 3.05) is 7.11 Å². The maximum absolute atomic E-state index is 11.1. The Morgan fingerprint density at radius 2 is 1.95 bits per heavy atom. The smallest absolute Gasteiger partial charge is 0.124 e. The summed E-state index contributed by atoms with van der Waals surface area (Å²) in [6.45, 7) is 4.20. The summed E-state index contributed by atoms with van der Waals surface area (Å²) < 4.78 is 5.43. The molecule has 1 N–H and O–H groups in total. The molecule has 1 aromatic carbocycles. The van der Waals surface area contributed by atoms with Crippen LogP contribution in [0.25, 0.3) is 0 Å². The maximum atomic E-state index is 11.1. The molecule has 1 saturated carbocycles. The largest absolute Gasteiger partial charge is 0.496 e. The van der Waals surface area contributed by atoms with Gasteiger partial charge in [-0.1, -0.05) is 50.8 Å². The zero-order valence-electron chi connectivity index (χ0n) is 12.4. The van der Waals surface area contributed by atoms with Crippen molar-refractivity contribution >= 4 is 0 Å². The van der Waals surface area contributed by atoms with Crippen LogP contribution in [0, 0.1) is 11.8 Å². The number of benzene rings is 1. The monoisotopic (exact) mass is 262 g/mol. The Labute approximate surface area is 116 Å². The highest BCUT2D eigenvalue weighted by atomic mass is 16.5. The lowest BCUT2D eigenvalue weighted by atomic mass is 9.67. The highest BCUT2D eigenvalue weighted by molar-refractivity contribution is 5.38. The molecule has 19 heavy (non-hydrogen) atoms. The molecule has 1 fully saturated rings. The second-order valence-corrected chi connectivity index (χ2v) is 5.91. The van der Waals surface area contributed by atoms with E-state index >= 15 is 0 Å². The van der Waals surface area contributed by atoms with E-state index in [1.165, 1.54) is 19.3 Å². The molecule has 0 spiro atoms. The molecule has 0 bridgehead atoms. The number of methoxy groups -OCH3 is 1. The molecule has 0 aromatic heterocycles. The van der Waals surface area contributed by atoms with E-state index in [1.54, 1.807) is 7.11 Å². The van der Waals surface area contributed by atoms with Gasteiger partial charge in [-0.05, 0) is 31.2 Å². The van der Waals surface area contributed by atoms with Crippen LogP contribution in [0.5, 0.6) is 5.75 Å². The first-order valence-corrected chi connectivity index (χ1v) is 7.47. The van der Waals surface area contributed by atoms with Crippen LogP contribution in [0.1, 0.15) is 51.5 Å². The lowest BCUT2D eigenvalue weighted by molar-refractivity contribution is -0.0502. The predicted octanol–water partition coefficient (Wildman–Crippen LogP) is 4.12. The third kappa shape index (κ3) is 2.79. The van der Waals surface area contributed by atoms with E-state index in [-0.39, 0.29) is 0 Å². The molecule has 2 nitrogen and oxygen atoms in total. The minimum atomic E-state index is -0.798. The number of hydrogen-bond donors (Lipinski definition) is 1. The van der Waals surface area contributed by atoms with Gasteiger partial charge < -0.3 is 9.84 Å². The second-order valence-electron chi connectivity index (χ2n) is 5.91. The Morgan fingerprint density at radius 3 is 2.63 bits per heavy atom. The molecular formula is C17H26O2. The van der Waals surface area contributed by atoms with E-state index < -0.39 is 5.60 Å². The van der Waals surface area contributed by atoms with Gasteiger partial charge in [0, 0.05) is 5.56 Å². The molecule has 3 atom stereocenters. The van der Waals surface area contributed by atoms with Gasteiger partial charge in [0.2, 0.25) is 0 Å². The van der Waals surface area contributed by atoms with Crippen molar-refractivity contribution in [2.45, 2.75) is 51.6 Å². The summed E-state index contributed by atoms with van der Waals surface area (Å²) in [6.07, 6.45) is 6.04. The van der Waals surface area contributed by atoms with E-state index in [9.17, 15) is 5.11 Å². The molecule has 106 valence electrons. The first-order chi connectivity index (χ1) is 9.11. The standard InChI is InChI=1S/C17H26O2/c1-4-13-9-5-6-10-14(13)17(2,18)15-11-7-8-12-16(15)19-3/h7-8,11-14,18H,4-6,9-10H2,1-3H3. The van der Waals surface area contributed by atoms with Gasteiger partial charge in [-0.2, -0.15) is 0 Å². The van der Waals surface area contributed by atoms with Crippen molar-refractivity contribution in [1.82, 2.24) is 0 Å². The van der Waals surface area contributed by atoms with Gasteiger partial charge in [0.05, 0.1) is 12.7 Å². The van der Waals surface area contributed by atoms with Crippen LogP contribution in [-0.4, -0.2) is 12.2 Å². The van der Waals surface area contributed by atoms with E-state index in [4.69, 9.17) is 4.74 Å². The first-order valence-electron chi connectivity index (χ1n) is 7.47. The van der Waals surface area contributed by atoms with Crippen LogP contribution in [0.15, 0.2) is 24.3 Å². The Morgan fingerprint density at radius 1 is 1.26 bits per heavy atom. The Hall–Kier alpha value is -1.02. The summed E-state index contributed by atoms with van der Waals surface area (Å²) in [4.78, 5) is 0. The van der Waals surface area contributed by atoms with Gasteiger partial charge in [0.1, 0.15) is 5.75 Å². The fraction of sp³-hybridized carbons (Fsp3) is 0.647. The Bertz CT molecular complexity index is 411. The zero-order chi connectivity index (χ0) is 13.9. The molecule has 1 aromatic rings. The zero-order valence-corrected chi connectivity index (χ0v) is 12.4. The average molecular weight is 262 g/mol. The minimum absolute atomic E-state index is 0.336. The van der Waals surface area contributed by atoms with Gasteiger partial charge in [0.15, 0.2) is 0 Å². The molecule has 2 heteroatoms. The van der Waals surface area contributed by atoms with Crippen molar-refractivity contribution in [1.29, 1.82) is 0 Å². The van der Waals surface area contributed by atoms with Crippen molar-refractivity contribution < 1.29 is 9.84 Å². The van der Waals surface area contributed by atoms with Crippen LogP contribution >= 0.6 is 0 Å². The molecule has 1 aliphatic carbocycles. The topological polar surface area (TPSA) is 29.5 Å². The van der Waals surface area contributed by atoms with E-state index in [0.717, 1.165) is 24.2 Å². The lowest BCUT2D eigenvalue weighted by Crippen LogP contribution is -2.38. The van der Waals surface area contributed by atoms with Crippen LogP contribution in [0.4, 0.5) is 0 Å². The average Bonchev–Trinajstić information content (AvgIpc) is 2.47. The van der Waals surface area contributed by atoms with Crippen molar-refractivity contribution in [3.63, 3.8) is 0 Å². The third-order valence-electron chi connectivity index (χ3n) is 4.81. The van der Waals surface area contributed by atoms with E-state index in [2.05, 4.69) is 6.92 Å². The second kappa shape index (κ2) is 5.96. The normalized spacial score (nSPS) is 26.7. The molecule has 2 rings (SSSR count). The predicted molar refractivity (Wildman–Crippen MR) is 78.3 cm³/mol. The number of para-hydroxylation sites is 1. The number of hydrogen-bond acceptors (Lipinski definition) is 2. The molecule has 3 unspecified atom stereocenters. The number of ether oxygens (including phenoxy) is 1. The van der Waals surface area contributed by atoms with Crippen LogP contribution in [0.3, 0.4) is 0 Å². The summed E-state index contributed by atoms with van der Waals surface area (Å²) in [5.41, 5.74) is 0.135. The number of aliphatic hydroxyl groups is 1. The Kier molecular flexibility index (Phi) is 4.51. The van der Waals surface area contributed by atoms with E-state index in [1.807, 2.05) is 31.2 Å². The summed E-state index contributed by atoms with van der Waals surface area (Å²) in [6, 6.07) is 7.88. The highest BCUT2D eigenvalue weighted by Gasteiger charge is 2.40. The summed E-state index contributed by atoms with van der Waals surface area (Å²) in [5, 5.41) is 11.1. The van der Waals surface area contributed by atoms with Gasteiger partial charge in [-0.25, -0.2) is 0 Å². The molecule has 0 aliphatic heterocycles. The highest BCUT2D eigenvalue weighted by Crippen LogP contribution is 2.45. The Balaban J connectivity index is 2.34. The molecule has 0 radical (unpaired) electrons. The quantitative estimate of drug-likeness (QED) is 0.884. The summed E-state index contributed by atoms with van der Waals surface area (Å²) in [7, 11) is 1.67. The molecule has 0 heterocycles. The fourth-order valence-electron chi connectivity index (χ4n) is 3.70. The SMILES string of the molecule is CCC1CCCCC1C(C)(O)c1ccccc1OC. The van der Waals surface area contributed by atoms with E-state index in [0.29, 0.717) is 11.8 Å². The lowest BCUT2D eigenvalue weighted by Gasteiger charge is -2.41. The van der Waals surface area contributed by atoms with Crippen molar-refractivity contribution in [3.05, 3.63) is 29.8 Å². The van der Waals surface area contributed by atoms with Gasteiger partial charge in [-0.15, -0.1) is 0 Å². The van der Waals surface area contributed by atoms with Crippen molar-refractivity contribution in [2.24, 2.45) is 11.8 Å². The number of rotatable bonds is 4. The third-order valence-corrected chi connectivity index (χ3v) is 4.81. The summed E-state index contributed by atoms with van der Waals surface area (Å²) >= 11 is 0.